The molecule has 0 aromatic heterocycles. The Hall–Kier alpha value is -4.72. The second-order valence-corrected chi connectivity index (χ2v) is 8.22. The van der Waals surface area contributed by atoms with Gasteiger partial charge in [-0.25, -0.2) is 18.8 Å². The summed E-state index contributed by atoms with van der Waals surface area (Å²) in [4.78, 5) is 34.8. The minimum absolute atomic E-state index is 0.0105. The third-order valence-corrected chi connectivity index (χ3v) is 5.14. The zero-order valence-corrected chi connectivity index (χ0v) is 20.9. The summed E-state index contributed by atoms with van der Waals surface area (Å²) in [7, 11) is 0. The SMILES string of the molecule is C=CC(=O)OCCCOc1ccc(OC(=O)/C=C/c2ccc3cc(COC(=O)C(=C)C)ccc3c2)cc1F. The lowest BCUT2D eigenvalue weighted by molar-refractivity contribution is -0.140. The van der Waals surface area contributed by atoms with Gasteiger partial charge in [-0.05, 0) is 59.2 Å². The highest BCUT2D eigenvalue weighted by molar-refractivity contribution is 5.91. The van der Waals surface area contributed by atoms with Gasteiger partial charge in [0, 0.05) is 30.2 Å². The van der Waals surface area contributed by atoms with Crippen LogP contribution in [0.3, 0.4) is 0 Å². The monoisotopic (exact) mass is 518 g/mol. The van der Waals surface area contributed by atoms with Crippen LogP contribution in [0.15, 0.2) is 85.5 Å². The van der Waals surface area contributed by atoms with Crippen molar-refractivity contribution in [1.82, 2.24) is 0 Å². The van der Waals surface area contributed by atoms with Gasteiger partial charge in [0.15, 0.2) is 11.6 Å². The Bertz CT molecular complexity index is 1390. The number of carbonyl (C=O) groups excluding carboxylic acids is 3. The molecule has 3 aromatic carbocycles. The Morgan fingerprint density at radius 1 is 0.921 bits per heavy atom. The number of esters is 3. The Labute approximate surface area is 219 Å². The van der Waals surface area contributed by atoms with Gasteiger partial charge in [0.05, 0.1) is 13.2 Å². The van der Waals surface area contributed by atoms with Gasteiger partial charge in [-0.3, -0.25) is 0 Å². The van der Waals surface area contributed by atoms with Crippen molar-refractivity contribution >= 4 is 34.8 Å². The zero-order chi connectivity index (χ0) is 27.5. The highest BCUT2D eigenvalue weighted by Crippen LogP contribution is 2.23. The molecule has 3 aromatic rings. The van der Waals surface area contributed by atoms with E-state index in [9.17, 15) is 18.8 Å². The molecular formula is C30H27FO7. The van der Waals surface area contributed by atoms with E-state index in [4.69, 9.17) is 18.9 Å². The van der Waals surface area contributed by atoms with Gasteiger partial charge in [0.25, 0.3) is 0 Å². The Morgan fingerprint density at radius 2 is 1.68 bits per heavy atom. The van der Waals surface area contributed by atoms with Crippen molar-refractivity contribution in [2.45, 2.75) is 20.0 Å². The van der Waals surface area contributed by atoms with Crippen molar-refractivity contribution in [3.8, 4) is 11.5 Å². The van der Waals surface area contributed by atoms with Crippen molar-refractivity contribution < 1.29 is 37.7 Å². The summed E-state index contributed by atoms with van der Waals surface area (Å²) in [6, 6.07) is 15.1. The van der Waals surface area contributed by atoms with E-state index in [0.717, 1.165) is 34.0 Å². The summed E-state index contributed by atoms with van der Waals surface area (Å²) in [5, 5.41) is 1.89. The quantitative estimate of drug-likeness (QED) is 0.131. The Kier molecular flexibility index (Phi) is 9.93. The number of hydrogen-bond acceptors (Lipinski definition) is 7. The van der Waals surface area contributed by atoms with Crippen LogP contribution < -0.4 is 9.47 Å². The maximum Gasteiger partial charge on any atom is 0.336 e. The summed E-state index contributed by atoms with van der Waals surface area (Å²) in [6.45, 7) is 8.85. The van der Waals surface area contributed by atoms with E-state index in [2.05, 4.69) is 13.2 Å². The first kappa shape index (κ1) is 27.9. The van der Waals surface area contributed by atoms with Crippen LogP contribution >= 0.6 is 0 Å². The molecule has 0 saturated carbocycles. The van der Waals surface area contributed by atoms with Gasteiger partial charge < -0.3 is 18.9 Å². The average molecular weight is 519 g/mol. The summed E-state index contributed by atoms with van der Waals surface area (Å²) in [5.41, 5.74) is 1.95. The van der Waals surface area contributed by atoms with Crippen LogP contribution in [0.1, 0.15) is 24.5 Å². The maximum atomic E-state index is 14.3. The maximum absolute atomic E-state index is 14.3. The molecule has 0 aliphatic rings. The normalized spacial score (nSPS) is 10.7. The molecule has 0 bridgehead atoms. The van der Waals surface area contributed by atoms with Gasteiger partial charge in [-0.1, -0.05) is 37.4 Å². The molecule has 0 heterocycles. The van der Waals surface area contributed by atoms with Gasteiger partial charge >= 0.3 is 17.9 Å². The minimum Gasteiger partial charge on any atom is -0.490 e. The largest absolute Gasteiger partial charge is 0.490 e. The topological polar surface area (TPSA) is 88.1 Å². The lowest BCUT2D eigenvalue weighted by Gasteiger charge is -2.09. The molecular weight excluding hydrogens is 491 g/mol. The van der Waals surface area contributed by atoms with Crippen molar-refractivity contribution in [3.05, 3.63) is 102 Å². The van der Waals surface area contributed by atoms with Crippen LogP contribution in [0.2, 0.25) is 0 Å². The zero-order valence-electron chi connectivity index (χ0n) is 20.9. The standard InChI is InChI=1S/C30H27FO7/c1-4-28(32)36-15-5-14-35-27-12-11-25(18-26(27)31)38-29(33)13-8-21-6-9-24-17-22(7-10-23(24)16-21)19-37-30(34)20(2)3/h4,6-13,16-18H,1-2,5,14-15,19H2,3H3/b13-8+. The fraction of sp³-hybridized carbons (Fsp3) is 0.167. The van der Waals surface area contributed by atoms with Crippen molar-refractivity contribution in [2.24, 2.45) is 0 Å². The lowest BCUT2D eigenvalue weighted by Crippen LogP contribution is -2.07. The first-order valence-corrected chi connectivity index (χ1v) is 11.7. The fourth-order valence-corrected chi connectivity index (χ4v) is 3.23. The second-order valence-electron chi connectivity index (χ2n) is 8.22. The third kappa shape index (κ3) is 8.44. The van der Waals surface area contributed by atoms with E-state index in [0.29, 0.717) is 12.0 Å². The summed E-state index contributed by atoms with van der Waals surface area (Å²) >= 11 is 0. The molecule has 0 spiro atoms. The molecule has 3 rings (SSSR count). The number of carbonyl (C=O) groups is 3. The van der Waals surface area contributed by atoms with E-state index in [-0.39, 0.29) is 31.3 Å². The van der Waals surface area contributed by atoms with E-state index in [1.165, 1.54) is 18.2 Å². The molecule has 0 fully saturated rings. The average Bonchev–Trinajstić information content (AvgIpc) is 2.90. The summed E-state index contributed by atoms with van der Waals surface area (Å²) in [5.74, 6) is -2.31. The van der Waals surface area contributed by atoms with E-state index < -0.39 is 23.7 Å². The van der Waals surface area contributed by atoms with Crippen LogP contribution in [-0.2, 0) is 30.5 Å². The van der Waals surface area contributed by atoms with Crippen molar-refractivity contribution in [2.75, 3.05) is 13.2 Å². The lowest BCUT2D eigenvalue weighted by atomic mass is 10.0. The molecule has 0 aliphatic carbocycles. The molecule has 7 nitrogen and oxygen atoms in total. The number of fused-ring (bicyclic) bond motifs is 1. The van der Waals surface area contributed by atoms with Crippen LogP contribution in [0.4, 0.5) is 4.39 Å². The highest BCUT2D eigenvalue weighted by atomic mass is 19.1. The molecule has 0 saturated heterocycles. The molecule has 0 aliphatic heterocycles. The molecule has 0 radical (unpaired) electrons. The molecule has 38 heavy (non-hydrogen) atoms. The molecule has 0 amide bonds. The summed E-state index contributed by atoms with van der Waals surface area (Å²) in [6.07, 6.45) is 4.28. The predicted molar refractivity (Wildman–Crippen MR) is 141 cm³/mol. The van der Waals surface area contributed by atoms with Crippen molar-refractivity contribution in [3.63, 3.8) is 0 Å². The fourth-order valence-electron chi connectivity index (χ4n) is 3.23. The Morgan fingerprint density at radius 3 is 2.42 bits per heavy atom. The van der Waals surface area contributed by atoms with Crippen LogP contribution in [-0.4, -0.2) is 31.1 Å². The van der Waals surface area contributed by atoms with Crippen LogP contribution in [0.25, 0.3) is 16.8 Å². The first-order valence-electron chi connectivity index (χ1n) is 11.7. The molecule has 0 unspecified atom stereocenters. The molecule has 8 heteroatoms. The summed E-state index contributed by atoms with van der Waals surface area (Å²) < 4.78 is 34.8. The van der Waals surface area contributed by atoms with E-state index in [1.807, 2.05) is 36.4 Å². The number of ether oxygens (including phenoxy) is 4. The van der Waals surface area contributed by atoms with E-state index >= 15 is 0 Å². The van der Waals surface area contributed by atoms with Crippen LogP contribution in [0.5, 0.6) is 11.5 Å². The third-order valence-electron chi connectivity index (χ3n) is 5.14. The van der Waals surface area contributed by atoms with Gasteiger partial charge in [0.2, 0.25) is 0 Å². The molecule has 0 N–H and O–H groups in total. The molecule has 196 valence electrons. The number of halogens is 1. The van der Waals surface area contributed by atoms with Crippen LogP contribution in [0, 0.1) is 5.82 Å². The van der Waals surface area contributed by atoms with Crippen molar-refractivity contribution in [1.29, 1.82) is 0 Å². The van der Waals surface area contributed by atoms with Gasteiger partial charge in [-0.2, -0.15) is 0 Å². The number of benzene rings is 3. The minimum atomic E-state index is -0.689. The van der Waals surface area contributed by atoms with Gasteiger partial charge in [-0.15, -0.1) is 0 Å². The number of hydrogen-bond donors (Lipinski definition) is 0. The first-order chi connectivity index (χ1) is 18.2. The smallest absolute Gasteiger partial charge is 0.336 e. The second kappa shape index (κ2) is 13.5. The van der Waals surface area contributed by atoms with Gasteiger partial charge in [0.1, 0.15) is 12.4 Å². The predicted octanol–water partition coefficient (Wildman–Crippen LogP) is 5.72. The highest BCUT2D eigenvalue weighted by Gasteiger charge is 2.09. The molecule has 0 atom stereocenters. The number of rotatable bonds is 12. The van der Waals surface area contributed by atoms with E-state index in [1.54, 1.807) is 13.0 Å². The Balaban J connectivity index is 1.52.